The number of fused-ring (bicyclic) bond motifs is 1. The van der Waals surface area contributed by atoms with Crippen molar-refractivity contribution in [3.8, 4) is 5.88 Å². The summed E-state index contributed by atoms with van der Waals surface area (Å²) in [5.74, 6) is -0.294. The summed E-state index contributed by atoms with van der Waals surface area (Å²) in [5.41, 5.74) is 2.96. The highest BCUT2D eigenvalue weighted by molar-refractivity contribution is 6.30. The van der Waals surface area contributed by atoms with Crippen LogP contribution >= 0.6 is 11.6 Å². The Bertz CT molecular complexity index is 1010. The van der Waals surface area contributed by atoms with Crippen LogP contribution in [0.3, 0.4) is 0 Å². The van der Waals surface area contributed by atoms with Gasteiger partial charge in [0.25, 0.3) is 5.91 Å². The maximum atomic E-state index is 12.6. The molecule has 4 rings (SSSR count). The van der Waals surface area contributed by atoms with Crippen LogP contribution in [0.5, 0.6) is 5.88 Å². The Morgan fingerprint density at radius 3 is 2.89 bits per heavy atom. The highest BCUT2D eigenvalue weighted by Gasteiger charge is 2.22. The molecule has 146 valence electrons. The van der Waals surface area contributed by atoms with Gasteiger partial charge >= 0.3 is 0 Å². The molecule has 0 aliphatic carbocycles. The molecule has 3 aromatic rings. The number of hydrogen-bond acceptors (Lipinski definition) is 5. The molecular weight excluding hydrogens is 380 g/mol. The molecule has 2 N–H and O–H groups in total. The lowest BCUT2D eigenvalue weighted by atomic mass is 10.0. The molecular formula is C20H21ClN4O3. The molecule has 1 unspecified atom stereocenters. The molecule has 1 aliphatic rings. The van der Waals surface area contributed by atoms with Gasteiger partial charge in [-0.1, -0.05) is 23.7 Å². The van der Waals surface area contributed by atoms with E-state index >= 15 is 0 Å². The Balaban J connectivity index is 1.59. The van der Waals surface area contributed by atoms with Gasteiger partial charge in [0.05, 0.1) is 12.3 Å². The summed E-state index contributed by atoms with van der Waals surface area (Å²) in [4.78, 5) is 17.1. The van der Waals surface area contributed by atoms with Crippen molar-refractivity contribution < 1.29 is 14.6 Å². The van der Waals surface area contributed by atoms with Crippen LogP contribution in [0.4, 0.5) is 0 Å². The van der Waals surface area contributed by atoms with Crippen LogP contribution < -0.4 is 5.32 Å². The molecule has 3 heterocycles. The maximum Gasteiger partial charge on any atom is 0.256 e. The normalized spacial score (nSPS) is 16.6. The van der Waals surface area contributed by atoms with Crippen molar-refractivity contribution in [3.05, 3.63) is 57.9 Å². The average molecular weight is 401 g/mol. The summed E-state index contributed by atoms with van der Waals surface area (Å²) >= 11 is 5.93. The van der Waals surface area contributed by atoms with E-state index in [9.17, 15) is 9.90 Å². The number of hydrogen-bond donors (Lipinski definition) is 2. The molecule has 1 fully saturated rings. The lowest BCUT2D eigenvalue weighted by Crippen LogP contribution is -2.31. The van der Waals surface area contributed by atoms with E-state index in [1.165, 1.54) is 10.7 Å². The lowest BCUT2D eigenvalue weighted by molar-refractivity contribution is 0.0859. The van der Waals surface area contributed by atoms with Gasteiger partial charge in [0.1, 0.15) is 5.56 Å². The monoisotopic (exact) mass is 400 g/mol. The van der Waals surface area contributed by atoms with Gasteiger partial charge in [-0.05, 0) is 37.5 Å². The van der Waals surface area contributed by atoms with Crippen LogP contribution in [0.15, 0.2) is 30.5 Å². The number of aromatic nitrogens is 3. The topological polar surface area (TPSA) is 88.8 Å². The SMILES string of the molecule is Cc1nc2c(C(=O)NCC3CCCO3)cnn2c(O)c1Cc1ccc(Cl)cc1. The summed E-state index contributed by atoms with van der Waals surface area (Å²) in [5, 5.41) is 18.4. The first-order valence-corrected chi connectivity index (χ1v) is 9.61. The van der Waals surface area contributed by atoms with Crippen LogP contribution in [0, 0.1) is 6.92 Å². The number of rotatable bonds is 5. The molecule has 2 aromatic heterocycles. The van der Waals surface area contributed by atoms with Gasteiger partial charge in [-0.3, -0.25) is 4.79 Å². The molecule has 0 saturated carbocycles. The van der Waals surface area contributed by atoms with Crippen LogP contribution in [-0.4, -0.2) is 44.9 Å². The minimum absolute atomic E-state index is 0.0179. The summed E-state index contributed by atoms with van der Waals surface area (Å²) in [7, 11) is 0. The predicted octanol–water partition coefficient (Wildman–Crippen LogP) is 2.90. The van der Waals surface area contributed by atoms with Crippen molar-refractivity contribution in [1.29, 1.82) is 0 Å². The lowest BCUT2D eigenvalue weighted by Gasteiger charge is -2.11. The minimum atomic E-state index is -0.276. The fourth-order valence-electron chi connectivity index (χ4n) is 3.40. The second kappa shape index (κ2) is 7.77. The number of nitrogens with one attached hydrogen (secondary N) is 1. The first kappa shape index (κ1) is 18.7. The maximum absolute atomic E-state index is 12.6. The fourth-order valence-corrected chi connectivity index (χ4v) is 3.53. The molecule has 0 bridgehead atoms. The number of ether oxygens (including phenoxy) is 1. The molecule has 7 nitrogen and oxygen atoms in total. The number of carbonyl (C=O) groups excluding carboxylic acids is 1. The third-order valence-electron chi connectivity index (χ3n) is 4.98. The molecule has 1 atom stereocenters. The Morgan fingerprint density at radius 2 is 2.18 bits per heavy atom. The van der Waals surface area contributed by atoms with E-state index in [1.54, 1.807) is 12.1 Å². The van der Waals surface area contributed by atoms with E-state index in [1.807, 2.05) is 19.1 Å². The van der Waals surface area contributed by atoms with E-state index in [2.05, 4.69) is 15.4 Å². The number of aryl methyl sites for hydroxylation is 1. The summed E-state index contributed by atoms with van der Waals surface area (Å²) in [6.07, 6.45) is 3.93. The number of amides is 1. The van der Waals surface area contributed by atoms with E-state index in [4.69, 9.17) is 16.3 Å². The summed E-state index contributed by atoms with van der Waals surface area (Å²) in [6, 6.07) is 7.41. The van der Waals surface area contributed by atoms with E-state index in [0.29, 0.717) is 40.5 Å². The van der Waals surface area contributed by atoms with Gasteiger partial charge in [0, 0.05) is 35.9 Å². The molecule has 28 heavy (non-hydrogen) atoms. The quantitative estimate of drug-likeness (QED) is 0.687. The zero-order valence-electron chi connectivity index (χ0n) is 15.5. The fraction of sp³-hybridized carbons (Fsp3) is 0.350. The highest BCUT2D eigenvalue weighted by Crippen LogP contribution is 2.26. The summed E-state index contributed by atoms with van der Waals surface area (Å²) < 4.78 is 6.83. The van der Waals surface area contributed by atoms with Gasteiger partial charge in [0.2, 0.25) is 5.88 Å². The molecule has 1 saturated heterocycles. The number of benzene rings is 1. The second-order valence-corrected chi connectivity index (χ2v) is 7.38. The standard InChI is InChI=1S/C20H21ClN4O3/c1-12-16(9-13-4-6-14(21)7-5-13)20(27)25-18(24-12)17(11-23-25)19(26)22-10-15-3-2-8-28-15/h4-7,11,15,27H,2-3,8-10H2,1H3,(H,22,26). The number of carbonyl (C=O) groups is 1. The van der Waals surface area contributed by atoms with Crippen molar-refractivity contribution in [2.75, 3.05) is 13.2 Å². The third kappa shape index (κ3) is 3.68. The van der Waals surface area contributed by atoms with Gasteiger partial charge in [-0.2, -0.15) is 9.61 Å². The molecule has 0 spiro atoms. The van der Waals surface area contributed by atoms with E-state index in [-0.39, 0.29) is 17.9 Å². The molecule has 1 aromatic carbocycles. The molecule has 0 radical (unpaired) electrons. The number of halogens is 1. The van der Waals surface area contributed by atoms with Crippen LogP contribution in [0.1, 0.15) is 40.0 Å². The highest BCUT2D eigenvalue weighted by atomic mass is 35.5. The second-order valence-electron chi connectivity index (χ2n) is 6.94. The largest absolute Gasteiger partial charge is 0.493 e. The first-order valence-electron chi connectivity index (χ1n) is 9.23. The van der Waals surface area contributed by atoms with Crippen molar-refractivity contribution in [1.82, 2.24) is 19.9 Å². The first-order chi connectivity index (χ1) is 13.5. The smallest absolute Gasteiger partial charge is 0.256 e. The number of nitrogens with zero attached hydrogens (tertiary/aromatic N) is 3. The molecule has 8 heteroatoms. The third-order valence-corrected chi connectivity index (χ3v) is 5.23. The Morgan fingerprint density at radius 1 is 1.39 bits per heavy atom. The number of aromatic hydroxyl groups is 1. The van der Waals surface area contributed by atoms with Crippen molar-refractivity contribution in [2.24, 2.45) is 0 Å². The summed E-state index contributed by atoms with van der Waals surface area (Å²) in [6.45, 7) is 3.00. The predicted molar refractivity (Wildman–Crippen MR) is 105 cm³/mol. The zero-order chi connectivity index (χ0) is 19.7. The van der Waals surface area contributed by atoms with Crippen molar-refractivity contribution in [2.45, 2.75) is 32.3 Å². The van der Waals surface area contributed by atoms with Crippen LogP contribution in [-0.2, 0) is 11.2 Å². The molecule has 1 amide bonds. The van der Waals surface area contributed by atoms with Gasteiger partial charge in [-0.15, -0.1) is 0 Å². The van der Waals surface area contributed by atoms with E-state index in [0.717, 1.165) is 25.0 Å². The van der Waals surface area contributed by atoms with Crippen molar-refractivity contribution >= 4 is 23.2 Å². The van der Waals surface area contributed by atoms with E-state index < -0.39 is 0 Å². The van der Waals surface area contributed by atoms with Gasteiger partial charge in [0.15, 0.2) is 5.65 Å². The van der Waals surface area contributed by atoms with Gasteiger partial charge < -0.3 is 15.2 Å². The minimum Gasteiger partial charge on any atom is -0.493 e. The van der Waals surface area contributed by atoms with Crippen LogP contribution in [0.2, 0.25) is 5.02 Å². The van der Waals surface area contributed by atoms with Gasteiger partial charge in [-0.25, -0.2) is 4.98 Å². The average Bonchev–Trinajstić information content (AvgIpc) is 3.34. The Kier molecular flexibility index (Phi) is 5.19. The Hall–Kier alpha value is -2.64. The van der Waals surface area contributed by atoms with Crippen molar-refractivity contribution in [3.63, 3.8) is 0 Å². The Labute approximate surface area is 167 Å². The molecule has 1 aliphatic heterocycles. The van der Waals surface area contributed by atoms with Crippen LogP contribution in [0.25, 0.3) is 5.65 Å². The zero-order valence-corrected chi connectivity index (χ0v) is 16.2.